The van der Waals surface area contributed by atoms with Crippen LogP contribution >= 0.6 is 0 Å². The van der Waals surface area contributed by atoms with Gasteiger partial charge in [0.15, 0.2) is 0 Å². The van der Waals surface area contributed by atoms with Crippen molar-refractivity contribution in [2.45, 2.75) is 44.9 Å². The molecule has 0 aromatic carbocycles. The van der Waals surface area contributed by atoms with E-state index in [9.17, 15) is 4.79 Å². The van der Waals surface area contributed by atoms with Crippen molar-refractivity contribution in [2.24, 2.45) is 0 Å². The molecule has 1 spiro atoms. The van der Waals surface area contributed by atoms with E-state index in [2.05, 4.69) is 14.9 Å². The van der Waals surface area contributed by atoms with Gasteiger partial charge in [0.1, 0.15) is 0 Å². The van der Waals surface area contributed by atoms with E-state index in [1.807, 2.05) is 17.9 Å². The van der Waals surface area contributed by atoms with Gasteiger partial charge in [-0.05, 0) is 25.8 Å². The highest BCUT2D eigenvalue weighted by Gasteiger charge is 2.40. The van der Waals surface area contributed by atoms with Crippen LogP contribution in [-0.2, 0) is 22.6 Å². The fourth-order valence-electron chi connectivity index (χ4n) is 3.88. The average Bonchev–Trinajstić information content (AvgIpc) is 3.12. The fraction of sp³-hybridized carbons (Fsp3) is 0.550. The Hall–Kier alpha value is -2.25. The number of carbonyl (C=O) groups excluding carboxylic acids is 1. The molecule has 0 atom stereocenters. The lowest BCUT2D eigenvalue weighted by Gasteiger charge is -2.40. The summed E-state index contributed by atoms with van der Waals surface area (Å²) in [5.41, 5.74) is 2.57. The zero-order chi connectivity index (χ0) is 18.7. The van der Waals surface area contributed by atoms with Gasteiger partial charge in [-0.25, -0.2) is 0 Å². The van der Waals surface area contributed by atoms with Gasteiger partial charge in [0.25, 0.3) is 0 Å². The number of amides is 1. The van der Waals surface area contributed by atoms with Crippen molar-refractivity contribution >= 4 is 5.91 Å². The van der Waals surface area contributed by atoms with Crippen LogP contribution in [0.25, 0.3) is 0 Å². The maximum Gasteiger partial charge on any atom is 0.225 e. The summed E-state index contributed by atoms with van der Waals surface area (Å²) in [7, 11) is 0. The van der Waals surface area contributed by atoms with Gasteiger partial charge in [-0.15, -0.1) is 0 Å². The molecule has 7 heteroatoms. The normalized spacial score (nSPS) is 20.8. The van der Waals surface area contributed by atoms with Crippen LogP contribution in [-0.4, -0.2) is 57.5 Å². The minimum Gasteiger partial charge on any atom is -0.472 e. The lowest BCUT2D eigenvalue weighted by molar-refractivity contribution is -0.136. The Balaban J connectivity index is 1.34. The Morgan fingerprint density at radius 3 is 2.70 bits per heavy atom. The molecule has 0 saturated carbocycles. The first-order chi connectivity index (χ1) is 13.1. The van der Waals surface area contributed by atoms with Crippen LogP contribution < -0.4 is 0 Å². The van der Waals surface area contributed by atoms with Gasteiger partial charge in [0.2, 0.25) is 5.91 Å². The quantitative estimate of drug-likeness (QED) is 0.821. The molecule has 2 fully saturated rings. The molecule has 0 bridgehead atoms. The predicted octanol–water partition coefficient (Wildman–Crippen LogP) is 2.16. The van der Waals surface area contributed by atoms with E-state index in [4.69, 9.17) is 9.15 Å². The first kappa shape index (κ1) is 18.1. The minimum absolute atomic E-state index is 0.151. The first-order valence-corrected chi connectivity index (χ1v) is 9.55. The molecule has 0 aliphatic carbocycles. The van der Waals surface area contributed by atoms with Crippen molar-refractivity contribution in [1.82, 2.24) is 19.8 Å². The number of ether oxygens (including phenoxy) is 1. The molecule has 7 nitrogen and oxygen atoms in total. The molecule has 144 valence electrons. The van der Waals surface area contributed by atoms with E-state index in [0.29, 0.717) is 26.1 Å². The molecule has 27 heavy (non-hydrogen) atoms. The van der Waals surface area contributed by atoms with Crippen LogP contribution in [0.3, 0.4) is 0 Å². The van der Waals surface area contributed by atoms with E-state index in [0.717, 1.165) is 43.9 Å². The van der Waals surface area contributed by atoms with E-state index < -0.39 is 0 Å². The van der Waals surface area contributed by atoms with Crippen molar-refractivity contribution in [3.63, 3.8) is 0 Å². The molecule has 2 aromatic rings. The summed E-state index contributed by atoms with van der Waals surface area (Å²) in [6.45, 7) is 6.34. The number of piperidine rings is 1. The van der Waals surface area contributed by atoms with Crippen molar-refractivity contribution < 1.29 is 13.9 Å². The number of nitrogens with zero attached hydrogens (tertiary/aromatic N) is 4. The third kappa shape index (κ3) is 4.36. The van der Waals surface area contributed by atoms with Crippen LogP contribution in [0.4, 0.5) is 0 Å². The summed E-state index contributed by atoms with van der Waals surface area (Å²) >= 11 is 0. The largest absolute Gasteiger partial charge is 0.472 e. The van der Waals surface area contributed by atoms with Gasteiger partial charge in [-0.2, -0.15) is 0 Å². The van der Waals surface area contributed by atoms with Crippen molar-refractivity contribution in [3.8, 4) is 0 Å². The molecule has 0 unspecified atom stereocenters. The molecule has 1 amide bonds. The summed E-state index contributed by atoms with van der Waals surface area (Å²) in [6, 6.07) is 2.00. The monoisotopic (exact) mass is 370 g/mol. The number of carbonyl (C=O) groups is 1. The lowest BCUT2D eigenvalue weighted by atomic mass is 9.87. The van der Waals surface area contributed by atoms with E-state index in [1.165, 1.54) is 5.56 Å². The first-order valence-electron chi connectivity index (χ1n) is 9.55. The highest BCUT2D eigenvalue weighted by Crippen LogP contribution is 2.33. The average molecular weight is 370 g/mol. The third-order valence-electron chi connectivity index (χ3n) is 5.54. The molecule has 4 heterocycles. The molecular weight excluding hydrogens is 344 g/mol. The highest BCUT2D eigenvalue weighted by atomic mass is 16.5. The number of furan rings is 1. The molecule has 2 aromatic heterocycles. The Bertz CT molecular complexity index is 752. The predicted molar refractivity (Wildman–Crippen MR) is 98.7 cm³/mol. The second-order valence-electron chi connectivity index (χ2n) is 7.58. The van der Waals surface area contributed by atoms with E-state index >= 15 is 0 Å². The fourth-order valence-corrected chi connectivity index (χ4v) is 3.88. The maximum absolute atomic E-state index is 12.9. The van der Waals surface area contributed by atoms with Crippen LogP contribution in [0.1, 0.15) is 36.2 Å². The van der Waals surface area contributed by atoms with Gasteiger partial charge in [-0.3, -0.25) is 19.7 Å². The number of likely N-dealkylation sites (tertiary alicyclic amines) is 1. The van der Waals surface area contributed by atoms with Crippen molar-refractivity contribution in [3.05, 3.63) is 47.9 Å². The Morgan fingerprint density at radius 2 is 2.00 bits per heavy atom. The molecule has 0 N–H and O–H groups in total. The SMILES string of the molecule is Cc1cnc(CN2CCOC3(CCN(Cc4ccoc4)CC3)CC2=O)cn1. The molecule has 0 radical (unpaired) electrons. The Kier molecular flexibility index (Phi) is 5.22. The molecule has 2 aliphatic rings. The van der Waals surface area contributed by atoms with Gasteiger partial charge >= 0.3 is 0 Å². The summed E-state index contributed by atoms with van der Waals surface area (Å²) < 4.78 is 11.4. The lowest BCUT2D eigenvalue weighted by Crippen LogP contribution is -2.47. The van der Waals surface area contributed by atoms with E-state index in [1.54, 1.807) is 24.9 Å². The molecular formula is C20H26N4O3. The zero-order valence-corrected chi connectivity index (χ0v) is 15.8. The summed E-state index contributed by atoms with van der Waals surface area (Å²) in [4.78, 5) is 25.8. The Labute approximate surface area is 159 Å². The number of aryl methyl sites for hydroxylation is 1. The topological polar surface area (TPSA) is 71.7 Å². The number of hydrogen-bond donors (Lipinski definition) is 0. The van der Waals surface area contributed by atoms with Gasteiger partial charge < -0.3 is 14.1 Å². The highest BCUT2D eigenvalue weighted by molar-refractivity contribution is 5.77. The van der Waals surface area contributed by atoms with Gasteiger partial charge in [0, 0.05) is 37.9 Å². The maximum atomic E-state index is 12.9. The van der Waals surface area contributed by atoms with Crippen LogP contribution in [0.2, 0.25) is 0 Å². The van der Waals surface area contributed by atoms with Gasteiger partial charge in [-0.1, -0.05) is 0 Å². The van der Waals surface area contributed by atoms with Crippen LogP contribution in [0.15, 0.2) is 35.4 Å². The zero-order valence-electron chi connectivity index (χ0n) is 15.8. The number of aromatic nitrogens is 2. The second kappa shape index (κ2) is 7.78. The molecule has 4 rings (SSSR count). The van der Waals surface area contributed by atoms with Gasteiger partial charge in [0.05, 0.1) is 55.3 Å². The summed E-state index contributed by atoms with van der Waals surface area (Å²) in [5.74, 6) is 0.151. The summed E-state index contributed by atoms with van der Waals surface area (Å²) in [5, 5.41) is 0. The molecule has 2 saturated heterocycles. The van der Waals surface area contributed by atoms with Crippen LogP contribution in [0.5, 0.6) is 0 Å². The van der Waals surface area contributed by atoms with Crippen molar-refractivity contribution in [2.75, 3.05) is 26.2 Å². The van der Waals surface area contributed by atoms with Crippen LogP contribution in [0, 0.1) is 6.92 Å². The summed E-state index contributed by atoms with van der Waals surface area (Å²) in [6.07, 6.45) is 9.21. The Morgan fingerprint density at radius 1 is 1.15 bits per heavy atom. The number of hydrogen-bond acceptors (Lipinski definition) is 6. The third-order valence-corrected chi connectivity index (χ3v) is 5.54. The number of rotatable bonds is 4. The van der Waals surface area contributed by atoms with Crippen molar-refractivity contribution in [1.29, 1.82) is 0 Å². The molecule has 2 aliphatic heterocycles. The second-order valence-corrected chi connectivity index (χ2v) is 7.58. The standard InChI is InChI=1S/C20H26N4O3/c1-16-11-22-18(12-21-16)14-24-7-9-27-20(10-19(24)25)3-5-23(6-4-20)13-17-2-8-26-15-17/h2,8,11-12,15H,3-7,9-10,13-14H2,1H3. The smallest absolute Gasteiger partial charge is 0.225 e. The van der Waals surface area contributed by atoms with E-state index in [-0.39, 0.29) is 11.5 Å². The minimum atomic E-state index is -0.322.